The van der Waals surface area contributed by atoms with E-state index in [4.69, 9.17) is 14.7 Å². The summed E-state index contributed by atoms with van der Waals surface area (Å²) in [6.45, 7) is 3.96. The number of hydrogen-bond acceptors (Lipinski definition) is 4. The summed E-state index contributed by atoms with van der Waals surface area (Å²) >= 11 is 0. The molecule has 4 aromatic carbocycles. The Morgan fingerprint density at radius 1 is 0.821 bits per heavy atom. The van der Waals surface area contributed by atoms with Crippen LogP contribution in [0.25, 0.3) is 11.0 Å². The van der Waals surface area contributed by atoms with E-state index in [1.165, 1.54) is 0 Å². The number of imidazole rings is 1. The summed E-state index contributed by atoms with van der Waals surface area (Å²) in [6.07, 6.45) is 0. The molecule has 5 nitrogen and oxygen atoms in total. The predicted octanol–water partition coefficient (Wildman–Crippen LogP) is 6.50. The molecule has 2 heterocycles. The first-order valence-corrected chi connectivity index (χ1v) is 13.8. The quantitative estimate of drug-likeness (QED) is 0.223. The number of fused-ring (bicyclic) bond motifs is 2. The van der Waals surface area contributed by atoms with Crippen molar-refractivity contribution in [2.75, 3.05) is 19.7 Å². The molecule has 5 heteroatoms. The summed E-state index contributed by atoms with van der Waals surface area (Å²) in [7, 11) is 2.13. The average Bonchev–Trinajstić information content (AvgIpc) is 3.28. The van der Waals surface area contributed by atoms with Crippen molar-refractivity contribution in [1.29, 1.82) is 0 Å². The van der Waals surface area contributed by atoms with Crippen molar-refractivity contribution in [2.45, 2.75) is 6.54 Å². The van der Waals surface area contributed by atoms with Gasteiger partial charge in [-0.25, -0.2) is 9.98 Å². The predicted molar refractivity (Wildman–Crippen MR) is 157 cm³/mol. The number of benzene rings is 4. The van der Waals surface area contributed by atoms with Crippen LogP contribution in [0, 0.1) is 17.8 Å². The monoisotopic (exact) mass is 512 g/mol. The number of piperidine rings is 1. The lowest BCUT2D eigenvalue weighted by Crippen LogP contribution is -2.26. The van der Waals surface area contributed by atoms with E-state index in [0.29, 0.717) is 5.92 Å². The number of rotatable bonds is 8. The molecule has 2 fully saturated rings. The maximum atomic E-state index is 6.03. The SMILES string of the molecule is Cn1c(CN2C[C@@H]3[C@H](COc4ccccc4)[C@@H]3C2)nc2ccc(N=C(c3ccccc3)c3ccccc3)cc21. The van der Waals surface area contributed by atoms with E-state index >= 15 is 0 Å². The summed E-state index contributed by atoms with van der Waals surface area (Å²) in [5.41, 5.74) is 6.25. The van der Waals surface area contributed by atoms with Gasteiger partial charge in [0, 0.05) is 37.2 Å². The van der Waals surface area contributed by atoms with Crippen LogP contribution in [0.5, 0.6) is 5.75 Å². The van der Waals surface area contributed by atoms with Gasteiger partial charge in [0.15, 0.2) is 0 Å². The van der Waals surface area contributed by atoms with Crippen molar-refractivity contribution in [3.05, 3.63) is 126 Å². The number of ether oxygens (including phenoxy) is 1. The van der Waals surface area contributed by atoms with Gasteiger partial charge < -0.3 is 9.30 Å². The second-order valence-electron chi connectivity index (χ2n) is 10.8. The fourth-order valence-corrected chi connectivity index (χ4v) is 6.08. The van der Waals surface area contributed by atoms with Crippen LogP contribution in [-0.4, -0.2) is 39.9 Å². The highest BCUT2D eigenvalue weighted by Gasteiger charge is 2.55. The Bertz CT molecular complexity index is 1560. The number of likely N-dealkylation sites (tertiary alicyclic amines) is 1. The van der Waals surface area contributed by atoms with Gasteiger partial charge in [0.25, 0.3) is 0 Å². The molecule has 0 unspecified atom stereocenters. The second kappa shape index (κ2) is 10.2. The number of aliphatic imine (C=N–C) groups is 1. The molecule has 0 bridgehead atoms. The van der Waals surface area contributed by atoms with Gasteiger partial charge in [0.05, 0.1) is 35.6 Å². The molecule has 39 heavy (non-hydrogen) atoms. The lowest BCUT2D eigenvalue weighted by Gasteiger charge is -2.19. The van der Waals surface area contributed by atoms with Crippen molar-refractivity contribution in [1.82, 2.24) is 14.5 Å². The molecule has 5 aromatic rings. The molecule has 1 saturated carbocycles. The van der Waals surface area contributed by atoms with E-state index < -0.39 is 0 Å². The van der Waals surface area contributed by atoms with Gasteiger partial charge in [0.1, 0.15) is 11.6 Å². The largest absolute Gasteiger partial charge is 0.493 e. The minimum atomic E-state index is 0.686. The normalized spacial score (nSPS) is 20.1. The standard InChI is InChI=1S/C34H32N4O/c1-37-32-19-26(35-34(24-11-5-2-6-12-24)25-13-7-3-8-14-25)17-18-31(32)36-33(37)22-38-20-28-29(21-38)30(28)23-39-27-15-9-4-10-16-27/h2-19,28-30H,20-23H2,1H3/t28-,29+,30-. The number of aryl methyl sites for hydroxylation is 1. The minimum Gasteiger partial charge on any atom is -0.493 e. The summed E-state index contributed by atoms with van der Waals surface area (Å²) in [5, 5.41) is 0. The number of para-hydroxylation sites is 1. The van der Waals surface area contributed by atoms with Gasteiger partial charge in [-0.3, -0.25) is 4.90 Å². The average molecular weight is 513 g/mol. The summed E-state index contributed by atoms with van der Waals surface area (Å²) < 4.78 is 8.26. The molecule has 7 rings (SSSR count). The third-order valence-corrected chi connectivity index (χ3v) is 8.29. The molecule has 0 amide bonds. The topological polar surface area (TPSA) is 42.6 Å². The Hall–Kier alpha value is -4.22. The molecular formula is C34H32N4O. The van der Waals surface area contributed by atoms with E-state index in [1.807, 2.05) is 42.5 Å². The van der Waals surface area contributed by atoms with Crippen LogP contribution in [0.3, 0.4) is 0 Å². The maximum absolute atomic E-state index is 6.03. The fraction of sp³-hybridized carbons (Fsp3) is 0.235. The van der Waals surface area contributed by atoms with E-state index in [0.717, 1.165) is 83.2 Å². The van der Waals surface area contributed by atoms with Gasteiger partial charge in [-0.1, -0.05) is 78.9 Å². The van der Waals surface area contributed by atoms with Crippen LogP contribution in [0.15, 0.2) is 114 Å². The molecule has 1 aliphatic heterocycles. The highest BCUT2D eigenvalue weighted by Crippen LogP contribution is 2.52. The molecule has 1 aromatic heterocycles. The zero-order valence-electron chi connectivity index (χ0n) is 22.1. The number of hydrogen-bond donors (Lipinski definition) is 0. The van der Waals surface area contributed by atoms with Crippen LogP contribution < -0.4 is 4.74 Å². The van der Waals surface area contributed by atoms with E-state index in [9.17, 15) is 0 Å². The summed E-state index contributed by atoms with van der Waals surface area (Å²) in [4.78, 5) is 12.7. The van der Waals surface area contributed by atoms with Crippen molar-refractivity contribution in [3.63, 3.8) is 0 Å². The van der Waals surface area contributed by atoms with Crippen molar-refractivity contribution >= 4 is 22.4 Å². The molecule has 0 N–H and O–H groups in total. The van der Waals surface area contributed by atoms with Gasteiger partial charge >= 0.3 is 0 Å². The lowest BCUT2D eigenvalue weighted by atomic mass is 10.0. The molecular weight excluding hydrogens is 480 g/mol. The van der Waals surface area contributed by atoms with Crippen molar-refractivity contribution in [2.24, 2.45) is 29.8 Å². The molecule has 2 aliphatic rings. The Kier molecular flexibility index (Phi) is 6.22. The maximum Gasteiger partial charge on any atom is 0.123 e. The zero-order chi connectivity index (χ0) is 26.2. The zero-order valence-corrected chi connectivity index (χ0v) is 22.1. The summed E-state index contributed by atoms with van der Waals surface area (Å²) in [6, 6.07) is 37.3. The van der Waals surface area contributed by atoms with Crippen LogP contribution in [0.2, 0.25) is 0 Å². The highest BCUT2D eigenvalue weighted by molar-refractivity contribution is 6.14. The first-order valence-electron chi connectivity index (χ1n) is 13.8. The van der Waals surface area contributed by atoms with Gasteiger partial charge in [-0.15, -0.1) is 0 Å². The van der Waals surface area contributed by atoms with Crippen molar-refractivity contribution in [3.8, 4) is 5.75 Å². The molecule has 194 valence electrons. The third kappa shape index (κ3) is 4.86. The minimum absolute atomic E-state index is 0.686. The Labute approximate surface area is 229 Å². The van der Waals surface area contributed by atoms with Crippen LogP contribution >= 0.6 is 0 Å². The molecule has 3 atom stereocenters. The lowest BCUT2D eigenvalue weighted by molar-refractivity contribution is 0.226. The second-order valence-corrected chi connectivity index (χ2v) is 10.8. The van der Waals surface area contributed by atoms with Gasteiger partial charge in [0.2, 0.25) is 0 Å². The molecule has 1 aliphatic carbocycles. The van der Waals surface area contributed by atoms with E-state index in [1.54, 1.807) is 0 Å². The van der Waals surface area contributed by atoms with Crippen LogP contribution in [-0.2, 0) is 13.6 Å². The first-order chi connectivity index (χ1) is 19.2. The Morgan fingerprint density at radius 2 is 1.44 bits per heavy atom. The molecule has 0 radical (unpaired) electrons. The third-order valence-electron chi connectivity index (χ3n) is 8.29. The fourth-order valence-electron chi connectivity index (χ4n) is 6.08. The Morgan fingerprint density at radius 3 is 2.08 bits per heavy atom. The highest BCUT2D eigenvalue weighted by atomic mass is 16.5. The van der Waals surface area contributed by atoms with Crippen molar-refractivity contribution < 1.29 is 4.74 Å². The molecule has 0 spiro atoms. The van der Waals surface area contributed by atoms with E-state index in [-0.39, 0.29) is 0 Å². The van der Waals surface area contributed by atoms with Gasteiger partial charge in [-0.05, 0) is 42.2 Å². The number of nitrogens with zero attached hydrogens (tertiary/aromatic N) is 4. The smallest absolute Gasteiger partial charge is 0.123 e. The number of aromatic nitrogens is 2. The van der Waals surface area contributed by atoms with Gasteiger partial charge in [-0.2, -0.15) is 0 Å². The van der Waals surface area contributed by atoms with E-state index in [2.05, 4.69) is 83.2 Å². The Balaban J connectivity index is 1.06. The van der Waals surface area contributed by atoms with Crippen LogP contribution in [0.1, 0.15) is 17.0 Å². The summed E-state index contributed by atoms with van der Waals surface area (Å²) in [5.74, 6) is 4.27. The molecule has 1 saturated heterocycles. The van der Waals surface area contributed by atoms with Crippen LogP contribution in [0.4, 0.5) is 5.69 Å². The first kappa shape index (κ1) is 23.9.